The zero-order chi connectivity index (χ0) is 12.4. The standard InChI is InChI=1S/C10H8ClFN4O/c11-6-3-1-2-5(8(6)12)10(17)15-9-7(13)4-14-16-9/h1-4H,13H2,(H2,14,15,16,17). The van der Waals surface area contributed by atoms with Gasteiger partial charge in [0.2, 0.25) is 0 Å². The molecule has 0 radical (unpaired) electrons. The number of carbonyl (C=O) groups excluding carboxylic acids is 1. The van der Waals surface area contributed by atoms with E-state index in [0.717, 1.165) is 0 Å². The zero-order valence-electron chi connectivity index (χ0n) is 8.50. The highest BCUT2D eigenvalue weighted by Gasteiger charge is 2.15. The lowest BCUT2D eigenvalue weighted by molar-refractivity contribution is 0.102. The van der Waals surface area contributed by atoms with Crippen LogP contribution >= 0.6 is 11.6 Å². The van der Waals surface area contributed by atoms with Gasteiger partial charge in [-0.15, -0.1) is 0 Å². The molecular formula is C10H8ClFN4O. The van der Waals surface area contributed by atoms with Crippen molar-refractivity contribution in [3.63, 3.8) is 0 Å². The largest absolute Gasteiger partial charge is 0.394 e. The number of hydrogen-bond donors (Lipinski definition) is 3. The van der Waals surface area contributed by atoms with Gasteiger partial charge in [-0.3, -0.25) is 9.89 Å². The number of rotatable bonds is 2. The maximum atomic E-state index is 13.5. The summed E-state index contributed by atoms with van der Waals surface area (Å²) in [5, 5.41) is 8.38. The average molecular weight is 255 g/mol. The third kappa shape index (κ3) is 2.21. The summed E-state index contributed by atoms with van der Waals surface area (Å²) in [4.78, 5) is 11.7. The molecule has 0 aliphatic heterocycles. The fraction of sp³-hybridized carbons (Fsp3) is 0. The summed E-state index contributed by atoms with van der Waals surface area (Å²) < 4.78 is 13.5. The Morgan fingerprint density at radius 2 is 2.29 bits per heavy atom. The molecule has 0 saturated carbocycles. The van der Waals surface area contributed by atoms with Gasteiger partial charge in [0, 0.05) is 0 Å². The Morgan fingerprint density at radius 1 is 1.53 bits per heavy atom. The van der Waals surface area contributed by atoms with Crippen molar-refractivity contribution >= 4 is 29.0 Å². The van der Waals surface area contributed by atoms with Gasteiger partial charge in [-0.05, 0) is 12.1 Å². The Bertz CT molecular complexity index is 569. The number of nitrogen functional groups attached to an aromatic ring is 1. The van der Waals surface area contributed by atoms with Crippen LogP contribution < -0.4 is 11.1 Å². The molecule has 4 N–H and O–H groups in total. The second kappa shape index (κ2) is 4.42. The van der Waals surface area contributed by atoms with Crippen LogP contribution in [0.4, 0.5) is 15.9 Å². The van der Waals surface area contributed by atoms with Crippen LogP contribution in [0, 0.1) is 5.82 Å². The number of carbonyl (C=O) groups is 1. The highest BCUT2D eigenvalue weighted by molar-refractivity contribution is 6.31. The molecular weight excluding hydrogens is 247 g/mol. The van der Waals surface area contributed by atoms with Gasteiger partial charge in [-0.1, -0.05) is 17.7 Å². The van der Waals surface area contributed by atoms with E-state index in [4.69, 9.17) is 17.3 Å². The predicted molar refractivity (Wildman–Crippen MR) is 62.4 cm³/mol. The van der Waals surface area contributed by atoms with Crippen LogP contribution in [0.25, 0.3) is 0 Å². The highest BCUT2D eigenvalue weighted by Crippen LogP contribution is 2.20. The molecule has 17 heavy (non-hydrogen) atoms. The zero-order valence-corrected chi connectivity index (χ0v) is 9.25. The summed E-state index contributed by atoms with van der Waals surface area (Å²) in [6.45, 7) is 0. The Labute approximate surface area is 101 Å². The number of halogens is 2. The maximum absolute atomic E-state index is 13.5. The molecule has 0 aliphatic rings. The Kier molecular flexibility index (Phi) is 2.97. The smallest absolute Gasteiger partial charge is 0.259 e. The first-order valence-corrected chi connectivity index (χ1v) is 5.01. The summed E-state index contributed by atoms with van der Waals surface area (Å²) in [7, 11) is 0. The Balaban J connectivity index is 2.27. The van der Waals surface area contributed by atoms with Crippen molar-refractivity contribution in [3.8, 4) is 0 Å². The van der Waals surface area contributed by atoms with E-state index in [1.165, 1.54) is 24.4 Å². The van der Waals surface area contributed by atoms with Crippen LogP contribution in [0.15, 0.2) is 24.4 Å². The number of nitrogens with two attached hydrogens (primary N) is 1. The molecule has 0 fully saturated rings. The molecule has 1 aromatic carbocycles. The van der Waals surface area contributed by atoms with Crippen molar-refractivity contribution in [1.29, 1.82) is 0 Å². The molecule has 7 heteroatoms. The summed E-state index contributed by atoms with van der Waals surface area (Å²) in [6, 6.07) is 4.16. The normalized spacial score (nSPS) is 10.2. The van der Waals surface area contributed by atoms with E-state index in [1.54, 1.807) is 0 Å². The van der Waals surface area contributed by atoms with Crippen LogP contribution in [-0.4, -0.2) is 16.1 Å². The molecule has 0 bridgehead atoms. The molecule has 0 saturated heterocycles. The molecule has 2 rings (SSSR count). The number of aromatic nitrogens is 2. The number of H-pyrrole nitrogens is 1. The van der Waals surface area contributed by atoms with E-state index in [-0.39, 0.29) is 22.1 Å². The van der Waals surface area contributed by atoms with Gasteiger partial charge >= 0.3 is 0 Å². The van der Waals surface area contributed by atoms with Crippen LogP contribution in [0.3, 0.4) is 0 Å². The lowest BCUT2D eigenvalue weighted by Crippen LogP contribution is -2.15. The molecule has 0 aliphatic carbocycles. The number of nitrogens with zero attached hydrogens (tertiary/aromatic N) is 1. The van der Waals surface area contributed by atoms with Gasteiger partial charge in [-0.25, -0.2) is 4.39 Å². The van der Waals surface area contributed by atoms with Crippen molar-refractivity contribution in [2.75, 3.05) is 11.1 Å². The minimum absolute atomic E-state index is 0.116. The van der Waals surface area contributed by atoms with Gasteiger partial charge in [-0.2, -0.15) is 5.10 Å². The second-order valence-electron chi connectivity index (χ2n) is 3.26. The molecule has 88 valence electrons. The molecule has 1 amide bonds. The van der Waals surface area contributed by atoms with Gasteiger partial charge in [0.25, 0.3) is 5.91 Å². The molecule has 1 aromatic heterocycles. The summed E-state index contributed by atoms with van der Waals surface area (Å²) in [6.07, 6.45) is 1.34. The van der Waals surface area contributed by atoms with Crippen molar-refractivity contribution in [3.05, 3.63) is 40.8 Å². The van der Waals surface area contributed by atoms with E-state index >= 15 is 0 Å². The fourth-order valence-corrected chi connectivity index (χ4v) is 1.43. The van der Waals surface area contributed by atoms with E-state index < -0.39 is 11.7 Å². The first-order chi connectivity index (χ1) is 8.09. The number of nitrogens with one attached hydrogen (secondary N) is 2. The minimum Gasteiger partial charge on any atom is -0.394 e. The van der Waals surface area contributed by atoms with Crippen molar-refractivity contribution < 1.29 is 9.18 Å². The van der Waals surface area contributed by atoms with Crippen molar-refractivity contribution in [2.24, 2.45) is 0 Å². The monoisotopic (exact) mass is 254 g/mol. The van der Waals surface area contributed by atoms with E-state index in [0.29, 0.717) is 0 Å². The van der Waals surface area contributed by atoms with E-state index in [2.05, 4.69) is 15.5 Å². The second-order valence-corrected chi connectivity index (χ2v) is 3.66. The first kappa shape index (κ1) is 11.4. The fourth-order valence-electron chi connectivity index (χ4n) is 1.26. The summed E-state index contributed by atoms with van der Waals surface area (Å²) >= 11 is 5.57. The molecule has 0 unspecified atom stereocenters. The number of anilines is 2. The Morgan fingerprint density at radius 3 is 2.94 bits per heavy atom. The number of amides is 1. The lowest BCUT2D eigenvalue weighted by atomic mass is 10.2. The van der Waals surface area contributed by atoms with Gasteiger partial charge in [0.05, 0.1) is 22.5 Å². The van der Waals surface area contributed by atoms with Crippen LogP contribution in [0.2, 0.25) is 5.02 Å². The third-order valence-corrected chi connectivity index (χ3v) is 2.40. The van der Waals surface area contributed by atoms with Gasteiger partial charge in [0.1, 0.15) is 0 Å². The average Bonchev–Trinajstić information content (AvgIpc) is 2.68. The number of benzene rings is 1. The van der Waals surface area contributed by atoms with E-state index in [9.17, 15) is 9.18 Å². The lowest BCUT2D eigenvalue weighted by Gasteiger charge is -2.05. The van der Waals surface area contributed by atoms with Crippen LogP contribution in [0.5, 0.6) is 0 Å². The quantitative estimate of drug-likeness (QED) is 0.767. The van der Waals surface area contributed by atoms with Gasteiger partial charge < -0.3 is 11.1 Å². The number of hydrogen-bond acceptors (Lipinski definition) is 3. The highest BCUT2D eigenvalue weighted by atomic mass is 35.5. The minimum atomic E-state index is -0.773. The Hall–Kier alpha value is -2.08. The summed E-state index contributed by atoms with van der Waals surface area (Å²) in [5.74, 6) is -1.21. The molecule has 5 nitrogen and oxygen atoms in total. The third-order valence-electron chi connectivity index (χ3n) is 2.10. The van der Waals surface area contributed by atoms with Crippen molar-refractivity contribution in [1.82, 2.24) is 10.2 Å². The predicted octanol–water partition coefficient (Wildman–Crippen LogP) is 2.04. The maximum Gasteiger partial charge on any atom is 0.259 e. The van der Waals surface area contributed by atoms with Gasteiger partial charge in [0.15, 0.2) is 11.6 Å². The molecule has 0 atom stereocenters. The molecule has 1 heterocycles. The van der Waals surface area contributed by atoms with Crippen molar-refractivity contribution in [2.45, 2.75) is 0 Å². The molecule has 2 aromatic rings. The first-order valence-electron chi connectivity index (χ1n) is 4.64. The van der Waals surface area contributed by atoms with Crippen LogP contribution in [-0.2, 0) is 0 Å². The topological polar surface area (TPSA) is 83.8 Å². The SMILES string of the molecule is Nc1cn[nH]c1NC(=O)c1cccc(Cl)c1F. The summed E-state index contributed by atoms with van der Waals surface area (Å²) in [5.41, 5.74) is 5.61. The molecule has 0 spiro atoms. The number of aromatic amines is 1. The van der Waals surface area contributed by atoms with Crippen LogP contribution in [0.1, 0.15) is 10.4 Å². The van der Waals surface area contributed by atoms with E-state index in [1.807, 2.05) is 0 Å².